The third-order valence-electron chi connectivity index (χ3n) is 3.86. The molecule has 0 bridgehead atoms. The average molecular weight is 286 g/mol. The van der Waals surface area contributed by atoms with Gasteiger partial charge in [0.25, 0.3) is 0 Å². The highest BCUT2D eigenvalue weighted by molar-refractivity contribution is 5.77. The van der Waals surface area contributed by atoms with Crippen LogP contribution in [0.4, 0.5) is 0 Å². The molecule has 0 aromatic heterocycles. The van der Waals surface area contributed by atoms with Gasteiger partial charge in [0.05, 0.1) is 0 Å². The van der Waals surface area contributed by atoms with E-state index >= 15 is 0 Å². The normalized spacial score (nSPS) is 38.7. The summed E-state index contributed by atoms with van der Waals surface area (Å²) in [5, 5.41) is 0. The topological polar surface area (TPSA) is 63.2 Å². The summed E-state index contributed by atoms with van der Waals surface area (Å²) in [7, 11) is 0. The maximum atomic E-state index is 11.8. The Morgan fingerprint density at radius 2 is 1.55 bits per heavy atom. The van der Waals surface area contributed by atoms with Gasteiger partial charge in [-0.1, -0.05) is 0 Å². The van der Waals surface area contributed by atoms with Crippen LogP contribution in [0.1, 0.15) is 38.5 Å². The molecule has 114 valence electrons. The molecular weight excluding hydrogens is 264 g/mol. The molecule has 0 aromatic carbocycles. The van der Waals surface area contributed by atoms with E-state index in [1.165, 1.54) is 0 Å². The minimum Gasteiger partial charge on any atom is -0.461 e. The van der Waals surface area contributed by atoms with Crippen molar-refractivity contribution in [3.8, 4) is 0 Å². The molecule has 0 unspecified atom stereocenters. The number of carbonyl (C=O) groups is 1. The molecule has 0 aliphatic carbocycles. The first-order chi connectivity index (χ1) is 9.83. The van der Waals surface area contributed by atoms with Gasteiger partial charge in [0, 0.05) is 13.2 Å². The van der Waals surface area contributed by atoms with Gasteiger partial charge in [-0.05, 0) is 38.5 Å². The van der Waals surface area contributed by atoms with Crippen molar-refractivity contribution in [1.82, 2.24) is 0 Å². The van der Waals surface area contributed by atoms with Crippen molar-refractivity contribution >= 4 is 5.97 Å². The monoisotopic (exact) mass is 286 g/mol. The third kappa shape index (κ3) is 3.49. The summed E-state index contributed by atoms with van der Waals surface area (Å²) in [4.78, 5) is 11.8. The molecular formula is C14H22O6. The third-order valence-corrected chi connectivity index (χ3v) is 3.86. The van der Waals surface area contributed by atoms with Crippen LogP contribution in [0.3, 0.4) is 0 Å². The van der Waals surface area contributed by atoms with Crippen molar-refractivity contribution < 1.29 is 28.5 Å². The molecule has 3 saturated heterocycles. The molecule has 0 saturated carbocycles. The van der Waals surface area contributed by atoms with Gasteiger partial charge < -0.3 is 23.7 Å². The second kappa shape index (κ2) is 6.85. The smallest absolute Gasteiger partial charge is 0.338 e. The van der Waals surface area contributed by atoms with Crippen LogP contribution in [0.25, 0.3) is 0 Å². The van der Waals surface area contributed by atoms with Gasteiger partial charge in [0.2, 0.25) is 0 Å². The fraction of sp³-hybridized carbons (Fsp3) is 0.929. The minimum absolute atomic E-state index is 0.232. The van der Waals surface area contributed by atoms with Crippen LogP contribution in [-0.2, 0) is 28.5 Å². The molecule has 3 heterocycles. The molecule has 3 aliphatic heterocycles. The Morgan fingerprint density at radius 3 is 2.15 bits per heavy atom. The number of cyclic esters (lactones) is 1. The molecule has 6 nitrogen and oxygen atoms in total. The van der Waals surface area contributed by atoms with E-state index in [1.54, 1.807) is 0 Å². The Bertz CT molecular complexity index is 322. The van der Waals surface area contributed by atoms with Crippen LogP contribution >= 0.6 is 0 Å². The number of ether oxygens (including phenoxy) is 5. The Hall–Kier alpha value is -0.690. The van der Waals surface area contributed by atoms with Crippen molar-refractivity contribution in [3.05, 3.63) is 0 Å². The minimum atomic E-state index is -0.691. The zero-order valence-electron chi connectivity index (χ0n) is 11.6. The van der Waals surface area contributed by atoms with Crippen LogP contribution in [0, 0.1) is 0 Å². The van der Waals surface area contributed by atoms with E-state index in [0.717, 1.165) is 38.5 Å². The quantitative estimate of drug-likeness (QED) is 0.727. The van der Waals surface area contributed by atoms with Crippen molar-refractivity contribution in [2.75, 3.05) is 19.8 Å². The summed E-state index contributed by atoms with van der Waals surface area (Å²) in [6.07, 6.45) is 4.28. The summed E-state index contributed by atoms with van der Waals surface area (Å²) in [5.41, 5.74) is 0. The van der Waals surface area contributed by atoms with Crippen molar-refractivity contribution in [1.29, 1.82) is 0 Å². The largest absolute Gasteiger partial charge is 0.461 e. The summed E-state index contributed by atoms with van der Waals surface area (Å²) in [6, 6.07) is 0. The van der Waals surface area contributed by atoms with Crippen molar-refractivity contribution in [2.45, 2.75) is 63.3 Å². The van der Waals surface area contributed by atoms with E-state index in [0.29, 0.717) is 13.2 Å². The molecule has 3 rings (SSSR count). The molecule has 6 heteroatoms. The van der Waals surface area contributed by atoms with Crippen LogP contribution in [0.15, 0.2) is 0 Å². The molecule has 0 N–H and O–H groups in total. The number of esters is 1. The Kier molecular flexibility index (Phi) is 4.88. The number of rotatable bonds is 4. The first-order valence-corrected chi connectivity index (χ1v) is 7.54. The maximum Gasteiger partial charge on any atom is 0.338 e. The Morgan fingerprint density at radius 1 is 0.900 bits per heavy atom. The van der Waals surface area contributed by atoms with Crippen LogP contribution < -0.4 is 0 Å². The Balaban J connectivity index is 1.53. The van der Waals surface area contributed by atoms with Gasteiger partial charge in [-0.25, -0.2) is 4.79 Å². The zero-order chi connectivity index (χ0) is 13.8. The summed E-state index contributed by atoms with van der Waals surface area (Å²) < 4.78 is 27.7. The van der Waals surface area contributed by atoms with Gasteiger partial charge >= 0.3 is 5.97 Å². The highest BCUT2D eigenvalue weighted by Crippen LogP contribution is 2.24. The van der Waals surface area contributed by atoms with E-state index in [1.807, 2.05) is 0 Å². The second-order valence-electron chi connectivity index (χ2n) is 5.45. The highest BCUT2D eigenvalue weighted by Gasteiger charge is 2.42. The fourth-order valence-electron chi connectivity index (χ4n) is 2.73. The van der Waals surface area contributed by atoms with Crippen LogP contribution in [-0.4, -0.2) is 50.6 Å². The van der Waals surface area contributed by atoms with E-state index in [-0.39, 0.29) is 25.2 Å². The molecule has 3 fully saturated rings. The number of carbonyl (C=O) groups excluding carboxylic acids is 1. The maximum absolute atomic E-state index is 11.8. The summed E-state index contributed by atoms with van der Waals surface area (Å²) in [6.45, 7) is 1.63. The van der Waals surface area contributed by atoms with Gasteiger partial charge in [-0.3, -0.25) is 0 Å². The molecule has 3 aliphatic rings. The van der Waals surface area contributed by atoms with Gasteiger partial charge in [0.1, 0.15) is 12.7 Å². The standard InChI is InChI=1S/C14H22O6/c15-14-13(20-12-6-2-4-8-17-12)10(9-18-14)19-11-5-1-3-7-16-11/h10-13H,1-9H2/t10-,11-,12+,13-/m1/s1. The summed E-state index contributed by atoms with van der Waals surface area (Å²) in [5.74, 6) is -0.361. The lowest BCUT2D eigenvalue weighted by Crippen LogP contribution is -2.40. The van der Waals surface area contributed by atoms with E-state index < -0.39 is 12.2 Å². The molecule has 0 radical (unpaired) electrons. The van der Waals surface area contributed by atoms with E-state index in [2.05, 4.69) is 0 Å². The van der Waals surface area contributed by atoms with Crippen LogP contribution in [0.2, 0.25) is 0 Å². The Labute approximate surface area is 118 Å². The fourth-order valence-corrected chi connectivity index (χ4v) is 2.73. The van der Waals surface area contributed by atoms with E-state index in [4.69, 9.17) is 23.7 Å². The average Bonchev–Trinajstić information content (AvgIpc) is 2.83. The lowest BCUT2D eigenvalue weighted by Gasteiger charge is -2.29. The molecule has 0 amide bonds. The SMILES string of the molecule is O=C1OC[C@@H](O[C@@H]2CCCCO2)[C@H]1O[C@H]1CCCCO1. The first kappa shape index (κ1) is 14.3. The van der Waals surface area contributed by atoms with Crippen molar-refractivity contribution in [3.63, 3.8) is 0 Å². The predicted octanol–water partition coefficient (Wildman–Crippen LogP) is 1.37. The van der Waals surface area contributed by atoms with Gasteiger partial charge in [0.15, 0.2) is 18.7 Å². The zero-order valence-corrected chi connectivity index (χ0v) is 11.6. The number of hydrogen-bond donors (Lipinski definition) is 0. The molecule has 20 heavy (non-hydrogen) atoms. The van der Waals surface area contributed by atoms with Gasteiger partial charge in [-0.2, -0.15) is 0 Å². The highest BCUT2D eigenvalue weighted by atomic mass is 16.7. The molecule has 0 spiro atoms. The van der Waals surface area contributed by atoms with Gasteiger partial charge in [-0.15, -0.1) is 0 Å². The first-order valence-electron chi connectivity index (χ1n) is 7.54. The predicted molar refractivity (Wildman–Crippen MR) is 67.9 cm³/mol. The van der Waals surface area contributed by atoms with Crippen molar-refractivity contribution in [2.24, 2.45) is 0 Å². The lowest BCUT2D eigenvalue weighted by molar-refractivity contribution is -0.236. The molecule has 4 atom stereocenters. The molecule has 0 aromatic rings. The second-order valence-corrected chi connectivity index (χ2v) is 5.45. The van der Waals surface area contributed by atoms with E-state index in [9.17, 15) is 4.79 Å². The lowest BCUT2D eigenvalue weighted by atomic mass is 10.2. The number of hydrogen-bond acceptors (Lipinski definition) is 6. The summed E-state index contributed by atoms with van der Waals surface area (Å²) >= 11 is 0. The van der Waals surface area contributed by atoms with Crippen LogP contribution in [0.5, 0.6) is 0 Å².